The van der Waals surface area contributed by atoms with Gasteiger partial charge in [0.1, 0.15) is 5.75 Å². The maximum Gasteiger partial charge on any atom is 0.343 e. The van der Waals surface area contributed by atoms with Crippen molar-refractivity contribution >= 4 is 124 Å². The highest BCUT2D eigenvalue weighted by Crippen LogP contribution is 2.46. The molecule has 0 unspecified atom stereocenters. The van der Waals surface area contributed by atoms with Crippen LogP contribution in [0.5, 0.6) is 5.75 Å². The second-order valence-electron chi connectivity index (χ2n) is 13.2. The minimum atomic E-state index is -0.725. The third-order valence-corrected chi connectivity index (χ3v) is 10.2. The average Bonchev–Trinajstić information content (AvgIpc) is 2.96. The first kappa shape index (κ1) is 35.3. The van der Waals surface area contributed by atoms with Gasteiger partial charge in [0.05, 0.1) is 5.56 Å². The lowest BCUT2D eigenvalue weighted by Gasteiger charge is -2.46. The summed E-state index contributed by atoms with van der Waals surface area (Å²) in [5, 5.41) is 0. The monoisotopic (exact) mass is 556 g/mol. The molecule has 0 spiro atoms. The van der Waals surface area contributed by atoms with E-state index in [4.69, 9.17) is 78.1 Å². The molecule has 19 heteroatoms. The van der Waals surface area contributed by atoms with Crippen molar-refractivity contribution in [3.63, 3.8) is 0 Å². The van der Waals surface area contributed by atoms with Gasteiger partial charge in [-0.05, 0) is 79.3 Å². The van der Waals surface area contributed by atoms with Crippen LogP contribution in [0.4, 0.5) is 11.4 Å². The van der Waals surface area contributed by atoms with Crippen LogP contribution in [0, 0.1) is 11.8 Å². The van der Waals surface area contributed by atoms with Crippen molar-refractivity contribution < 1.29 is 9.53 Å². The van der Waals surface area contributed by atoms with Crippen LogP contribution in [-0.4, -0.2) is 113 Å². The van der Waals surface area contributed by atoms with E-state index >= 15 is 0 Å². The Morgan fingerprint density at radius 1 is 0.636 bits per heavy atom. The number of carbonyl (C=O) groups is 1. The number of nitrogen functional groups attached to an aromatic ring is 2. The quantitative estimate of drug-likeness (QED) is 0.180. The fourth-order valence-electron chi connectivity index (χ4n) is 8.12. The topological polar surface area (TPSA) is 78.3 Å². The summed E-state index contributed by atoms with van der Waals surface area (Å²) >= 11 is 0. The van der Waals surface area contributed by atoms with E-state index in [0.717, 1.165) is 38.5 Å². The Hall–Kier alpha value is -1.52. The molecule has 2 saturated carbocycles. The SMILES string of the molecule is [B]B([B])B(B([B])[B])B(B(B([B])[B])B([B])[B])C1CCC(C2CCC(c3ccc(OC(=O)c4cc(N)cc(N)c4)cc3)CC2)CC1. The molecule has 0 bridgehead atoms. The van der Waals surface area contributed by atoms with E-state index in [-0.39, 0.29) is 12.3 Å². The van der Waals surface area contributed by atoms with E-state index < -0.39 is 44.3 Å². The maximum absolute atomic E-state index is 12.6. The van der Waals surface area contributed by atoms with Gasteiger partial charge in [-0.25, -0.2) is 4.79 Å². The van der Waals surface area contributed by atoms with Gasteiger partial charge in [0.25, 0.3) is 0 Å². The molecule has 2 aromatic rings. The van der Waals surface area contributed by atoms with Crippen LogP contribution in [0.25, 0.3) is 0 Å². The Morgan fingerprint density at radius 2 is 1.07 bits per heavy atom. The zero-order valence-corrected chi connectivity index (χ0v) is 25.6. The Labute approximate surface area is 278 Å². The van der Waals surface area contributed by atoms with Gasteiger partial charge in [0.2, 0.25) is 0 Å². The molecule has 198 valence electrons. The van der Waals surface area contributed by atoms with E-state index in [2.05, 4.69) is 12.1 Å². The molecular weight excluding hydrogens is 522 g/mol. The first-order chi connectivity index (χ1) is 20.8. The van der Waals surface area contributed by atoms with Crippen LogP contribution in [0.15, 0.2) is 42.5 Å². The molecule has 0 aliphatic heterocycles. The number of hydrogen-bond acceptors (Lipinski definition) is 4. The molecule has 0 amide bonds. The first-order valence-electron chi connectivity index (χ1n) is 15.9. The molecule has 0 aromatic heterocycles. The van der Waals surface area contributed by atoms with Crippen molar-refractivity contribution in [1.29, 1.82) is 0 Å². The van der Waals surface area contributed by atoms with Crippen molar-refractivity contribution in [2.45, 2.75) is 63.1 Å². The summed E-state index contributed by atoms with van der Waals surface area (Å²) in [7, 11) is 49.4. The number of esters is 1. The largest absolute Gasteiger partial charge is 0.423 e. The molecular formula is C25H31B15N2O2. The lowest BCUT2D eigenvalue weighted by Crippen LogP contribution is -2.75. The van der Waals surface area contributed by atoms with Gasteiger partial charge in [-0.1, -0.05) is 43.6 Å². The predicted molar refractivity (Wildman–Crippen MR) is 203 cm³/mol. The van der Waals surface area contributed by atoms with Crippen molar-refractivity contribution in [3.05, 3.63) is 53.6 Å². The minimum Gasteiger partial charge on any atom is -0.423 e. The van der Waals surface area contributed by atoms with Crippen LogP contribution in [-0.2, 0) is 0 Å². The number of hydrogen-bond donors (Lipinski definition) is 2. The molecule has 16 radical (unpaired) electrons. The second-order valence-corrected chi connectivity index (χ2v) is 13.2. The van der Waals surface area contributed by atoms with Crippen LogP contribution < -0.4 is 16.2 Å². The van der Waals surface area contributed by atoms with Gasteiger partial charge in [-0.15, -0.1) is 0 Å². The zero-order chi connectivity index (χ0) is 32.1. The lowest BCUT2D eigenvalue weighted by atomic mass is 8.47. The molecule has 0 atom stereocenters. The fraction of sp³-hybridized carbons (Fsp3) is 0.480. The summed E-state index contributed by atoms with van der Waals surface area (Å²) < 4.78 is 5.55. The molecule has 4 rings (SSSR count). The summed E-state index contributed by atoms with van der Waals surface area (Å²) in [4.78, 5) is 12.6. The van der Waals surface area contributed by atoms with Gasteiger partial charge in [-0.2, -0.15) is 0 Å². The Kier molecular flexibility index (Phi) is 12.7. The van der Waals surface area contributed by atoms with Crippen molar-refractivity contribution in [3.8, 4) is 5.75 Å². The van der Waals surface area contributed by atoms with Gasteiger partial charge in [0, 0.05) is 118 Å². The van der Waals surface area contributed by atoms with Crippen LogP contribution in [0.1, 0.15) is 73.2 Å². The Morgan fingerprint density at radius 3 is 1.50 bits per heavy atom. The molecule has 0 heterocycles. The highest BCUT2D eigenvalue weighted by atomic mass is 16.5. The van der Waals surface area contributed by atoms with Crippen LogP contribution in [0.3, 0.4) is 0 Å². The molecule has 4 N–H and O–H groups in total. The number of nitrogens with two attached hydrogens (primary N) is 2. The predicted octanol–water partition coefficient (Wildman–Crippen LogP) is 0.160. The van der Waals surface area contributed by atoms with Crippen molar-refractivity contribution in [2.24, 2.45) is 11.8 Å². The third kappa shape index (κ3) is 8.84. The zero-order valence-electron chi connectivity index (χ0n) is 25.6. The van der Waals surface area contributed by atoms with Gasteiger partial charge in [0.15, 0.2) is 0 Å². The van der Waals surface area contributed by atoms with Crippen LogP contribution in [0.2, 0.25) is 5.82 Å². The van der Waals surface area contributed by atoms with E-state index in [1.807, 2.05) is 12.1 Å². The number of ether oxygens (including phenoxy) is 1. The van der Waals surface area contributed by atoms with Crippen molar-refractivity contribution in [1.82, 2.24) is 0 Å². The van der Waals surface area contributed by atoms with Gasteiger partial charge in [-0.3, -0.25) is 0 Å². The average molecular weight is 554 g/mol. The van der Waals surface area contributed by atoms with E-state index in [1.54, 1.807) is 18.2 Å². The number of anilines is 2. The Balaban J connectivity index is 1.31. The van der Waals surface area contributed by atoms with Crippen LogP contribution >= 0.6 is 0 Å². The summed E-state index contributed by atoms with van der Waals surface area (Å²) in [6.07, 6.45) is 5.13. The summed E-state index contributed by atoms with van der Waals surface area (Å²) in [5.41, 5.74) is 14.1. The smallest absolute Gasteiger partial charge is 0.343 e. The third-order valence-electron chi connectivity index (χ3n) is 10.2. The molecule has 2 aliphatic rings. The van der Waals surface area contributed by atoms with E-state index in [0.29, 0.717) is 40.4 Å². The number of carbonyl (C=O) groups excluding carboxylic acids is 1. The molecule has 2 aliphatic carbocycles. The highest BCUT2D eigenvalue weighted by molar-refractivity contribution is 8.08. The first-order valence-corrected chi connectivity index (χ1v) is 15.9. The Bertz CT molecular complexity index is 1170. The van der Waals surface area contributed by atoms with Gasteiger partial charge < -0.3 is 16.2 Å². The molecule has 44 heavy (non-hydrogen) atoms. The summed E-state index contributed by atoms with van der Waals surface area (Å²) in [6.45, 7) is -0.155. The normalized spacial score (nSPS) is 21.5. The molecule has 2 aromatic carbocycles. The number of rotatable bonds is 11. The molecule has 4 nitrogen and oxygen atoms in total. The maximum atomic E-state index is 12.6. The van der Waals surface area contributed by atoms with E-state index in [1.165, 1.54) is 18.4 Å². The minimum absolute atomic E-state index is 0.155. The number of benzene rings is 2. The summed E-state index contributed by atoms with van der Waals surface area (Å²) in [6, 6.07) is 12.5. The standard InChI is InChI=1S/C25H31B15N2O2/c26-35(27)39(36(28)29)34(40(37(30)31)38(32)33)21-9-5-18(6-10-21)16-1-3-17(4-2-16)19-7-11-24(12-8-19)44-25(43)20-13-22(41)15-23(42)14-20/h7-8,11-18,21H,1-6,9-10,41-42H2. The highest BCUT2D eigenvalue weighted by Gasteiger charge is 2.46. The molecule has 0 saturated heterocycles. The van der Waals surface area contributed by atoms with Crippen molar-refractivity contribution in [2.75, 3.05) is 11.5 Å². The summed E-state index contributed by atoms with van der Waals surface area (Å²) in [5.74, 6) is 2.08. The molecule has 2 fully saturated rings. The lowest BCUT2D eigenvalue weighted by molar-refractivity contribution is 0.0735. The van der Waals surface area contributed by atoms with Gasteiger partial charge >= 0.3 is 5.97 Å². The fourth-order valence-corrected chi connectivity index (χ4v) is 8.12. The second kappa shape index (κ2) is 15.9. The van der Waals surface area contributed by atoms with E-state index in [9.17, 15) is 4.79 Å².